The van der Waals surface area contributed by atoms with Crippen LogP contribution in [0.15, 0.2) is 12.3 Å². The second kappa shape index (κ2) is 6.90. The van der Waals surface area contributed by atoms with E-state index in [-0.39, 0.29) is 23.6 Å². The van der Waals surface area contributed by atoms with E-state index in [4.69, 9.17) is 17.3 Å². The van der Waals surface area contributed by atoms with Crippen LogP contribution in [0, 0.1) is 11.8 Å². The molecule has 5 nitrogen and oxygen atoms in total. The number of carbonyl (C=O) groups is 1. The Bertz CT molecular complexity index is 481. The normalized spacial score (nSPS) is 22.5. The highest BCUT2D eigenvalue weighted by Gasteiger charge is 2.25. The molecular formula is C14H20ClN3O2. The Kier molecular flexibility index (Phi) is 5.20. The Labute approximate surface area is 123 Å². The van der Waals surface area contributed by atoms with Crippen molar-refractivity contribution in [2.24, 2.45) is 11.8 Å². The van der Waals surface area contributed by atoms with Crippen LogP contribution < -0.4 is 11.1 Å². The van der Waals surface area contributed by atoms with Crippen LogP contribution in [0.2, 0.25) is 5.15 Å². The van der Waals surface area contributed by atoms with Crippen LogP contribution in [-0.2, 0) is 0 Å². The van der Waals surface area contributed by atoms with Gasteiger partial charge in [0.25, 0.3) is 5.91 Å². The maximum Gasteiger partial charge on any atom is 0.254 e. The molecule has 1 aromatic rings. The van der Waals surface area contributed by atoms with Gasteiger partial charge in [0.2, 0.25) is 0 Å². The molecule has 1 saturated carbocycles. The number of hydrogen-bond donors (Lipinski definition) is 3. The lowest BCUT2D eigenvalue weighted by molar-refractivity contribution is 0.0909. The summed E-state index contributed by atoms with van der Waals surface area (Å²) in [6.45, 7) is 0.732. The summed E-state index contributed by atoms with van der Waals surface area (Å²) >= 11 is 5.90. The smallest absolute Gasteiger partial charge is 0.254 e. The highest BCUT2D eigenvalue weighted by atomic mass is 35.5. The zero-order chi connectivity index (χ0) is 14.5. The minimum absolute atomic E-state index is 0.152. The molecule has 1 aliphatic rings. The maximum absolute atomic E-state index is 12.1. The summed E-state index contributed by atoms with van der Waals surface area (Å²) in [5, 5.41) is 12.4. The molecule has 0 bridgehead atoms. The Hall–Kier alpha value is -1.33. The second-order valence-electron chi connectivity index (χ2n) is 5.30. The van der Waals surface area contributed by atoms with Crippen LogP contribution in [0.1, 0.15) is 36.0 Å². The standard InChI is InChI=1S/C14H20ClN3O2/c15-13-12(5-11(16)7-17-13)14(20)18-6-9-3-1-2-4-10(9)8-19/h5,7,9-10,19H,1-4,6,8,16H2,(H,18,20). The minimum atomic E-state index is -0.267. The van der Waals surface area contributed by atoms with Gasteiger partial charge in [-0.05, 0) is 30.7 Å². The van der Waals surface area contributed by atoms with Crippen molar-refractivity contribution in [3.63, 3.8) is 0 Å². The Balaban J connectivity index is 1.96. The van der Waals surface area contributed by atoms with Gasteiger partial charge in [-0.3, -0.25) is 4.79 Å². The van der Waals surface area contributed by atoms with Gasteiger partial charge in [-0.2, -0.15) is 0 Å². The first-order valence-corrected chi connectivity index (χ1v) is 7.29. The van der Waals surface area contributed by atoms with Crippen molar-refractivity contribution >= 4 is 23.2 Å². The summed E-state index contributed by atoms with van der Waals surface area (Å²) in [5.41, 5.74) is 6.32. The minimum Gasteiger partial charge on any atom is -0.397 e. The summed E-state index contributed by atoms with van der Waals surface area (Å²) in [6, 6.07) is 1.52. The fourth-order valence-corrected chi connectivity index (χ4v) is 2.93. The first-order valence-electron chi connectivity index (χ1n) is 6.92. The lowest BCUT2D eigenvalue weighted by atomic mass is 9.79. The van der Waals surface area contributed by atoms with Crippen molar-refractivity contribution in [3.8, 4) is 0 Å². The number of aliphatic hydroxyl groups excluding tert-OH is 1. The predicted octanol–water partition coefficient (Wildman–Crippen LogP) is 1.85. The summed E-state index contributed by atoms with van der Waals surface area (Å²) in [4.78, 5) is 16.0. The fourth-order valence-electron chi connectivity index (χ4n) is 2.74. The summed E-state index contributed by atoms with van der Waals surface area (Å²) in [6.07, 6.45) is 5.78. The molecule has 20 heavy (non-hydrogen) atoms. The zero-order valence-corrected chi connectivity index (χ0v) is 12.1. The largest absolute Gasteiger partial charge is 0.397 e. The number of amides is 1. The van der Waals surface area contributed by atoms with Gasteiger partial charge in [-0.25, -0.2) is 4.98 Å². The lowest BCUT2D eigenvalue weighted by Crippen LogP contribution is -2.35. The van der Waals surface area contributed by atoms with Gasteiger partial charge in [0.15, 0.2) is 0 Å². The van der Waals surface area contributed by atoms with Crippen LogP contribution in [-0.4, -0.2) is 29.1 Å². The molecule has 1 amide bonds. The highest BCUT2D eigenvalue weighted by Crippen LogP contribution is 2.29. The fraction of sp³-hybridized carbons (Fsp3) is 0.571. The number of carbonyl (C=O) groups excluding carboxylic acids is 1. The van der Waals surface area contributed by atoms with Gasteiger partial charge in [0, 0.05) is 13.2 Å². The Morgan fingerprint density at radius 1 is 1.45 bits per heavy atom. The summed E-state index contributed by atoms with van der Waals surface area (Å²) < 4.78 is 0. The molecule has 2 rings (SSSR count). The number of hydrogen-bond acceptors (Lipinski definition) is 4. The van der Waals surface area contributed by atoms with Crippen LogP contribution >= 0.6 is 11.6 Å². The number of halogens is 1. The van der Waals surface area contributed by atoms with Crippen molar-refractivity contribution in [1.82, 2.24) is 10.3 Å². The van der Waals surface area contributed by atoms with Crippen molar-refractivity contribution in [3.05, 3.63) is 23.0 Å². The molecule has 1 aromatic heterocycles. The molecular weight excluding hydrogens is 278 g/mol. The second-order valence-corrected chi connectivity index (χ2v) is 5.66. The van der Waals surface area contributed by atoms with Gasteiger partial charge in [0.05, 0.1) is 17.4 Å². The van der Waals surface area contributed by atoms with Gasteiger partial charge in [-0.1, -0.05) is 24.4 Å². The van der Waals surface area contributed by atoms with Crippen LogP contribution in [0.25, 0.3) is 0 Å². The van der Waals surface area contributed by atoms with Gasteiger partial charge < -0.3 is 16.2 Å². The van der Waals surface area contributed by atoms with E-state index in [0.717, 1.165) is 25.7 Å². The molecule has 2 unspecified atom stereocenters. The van der Waals surface area contributed by atoms with E-state index in [1.807, 2.05) is 0 Å². The Morgan fingerprint density at radius 3 is 2.85 bits per heavy atom. The third kappa shape index (κ3) is 3.61. The SMILES string of the molecule is Nc1cnc(Cl)c(C(=O)NCC2CCCCC2CO)c1. The van der Waals surface area contributed by atoms with Crippen molar-refractivity contribution in [1.29, 1.82) is 0 Å². The predicted molar refractivity (Wildman–Crippen MR) is 78.5 cm³/mol. The number of pyridine rings is 1. The third-order valence-electron chi connectivity index (χ3n) is 3.93. The highest BCUT2D eigenvalue weighted by molar-refractivity contribution is 6.32. The Morgan fingerprint density at radius 2 is 2.15 bits per heavy atom. The van der Waals surface area contributed by atoms with Crippen LogP contribution in [0.4, 0.5) is 5.69 Å². The van der Waals surface area contributed by atoms with E-state index in [2.05, 4.69) is 10.3 Å². The van der Waals surface area contributed by atoms with Crippen LogP contribution in [0.5, 0.6) is 0 Å². The molecule has 0 aliphatic heterocycles. The number of aliphatic hydroxyl groups is 1. The number of nitrogen functional groups attached to an aromatic ring is 1. The van der Waals surface area contributed by atoms with E-state index in [1.54, 1.807) is 0 Å². The van der Waals surface area contributed by atoms with E-state index < -0.39 is 0 Å². The molecule has 1 aliphatic carbocycles. The average molecular weight is 298 g/mol. The molecule has 6 heteroatoms. The molecule has 0 radical (unpaired) electrons. The van der Waals surface area contributed by atoms with Crippen molar-refractivity contribution < 1.29 is 9.90 Å². The van der Waals surface area contributed by atoms with Gasteiger partial charge >= 0.3 is 0 Å². The first kappa shape index (κ1) is 15.1. The molecule has 2 atom stereocenters. The summed E-state index contributed by atoms with van der Waals surface area (Å²) in [5.74, 6) is 0.334. The van der Waals surface area contributed by atoms with E-state index in [1.165, 1.54) is 12.3 Å². The quantitative estimate of drug-likeness (QED) is 0.740. The third-order valence-corrected chi connectivity index (χ3v) is 4.23. The summed E-state index contributed by atoms with van der Waals surface area (Å²) in [7, 11) is 0. The molecule has 4 N–H and O–H groups in total. The number of anilines is 1. The molecule has 0 spiro atoms. The van der Waals surface area contributed by atoms with E-state index >= 15 is 0 Å². The number of rotatable bonds is 4. The van der Waals surface area contributed by atoms with E-state index in [0.29, 0.717) is 23.7 Å². The van der Waals surface area contributed by atoms with Crippen molar-refractivity contribution in [2.45, 2.75) is 25.7 Å². The molecule has 0 aromatic carbocycles. The van der Waals surface area contributed by atoms with Gasteiger partial charge in [-0.15, -0.1) is 0 Å². The molecule has 0 saturated heterocycles. The lowest BCUT2D eigenvalue weighted by Gasteiger charge is -2.30. The monoisotopic (exact) mass is 297 g/mol. The first-order chi connectivity index (χ1) is 9.61. The number of nitrogens with zero attached hydrogens (tertiary/aromatic N) is 1. The van der Waals surface area contributed by atoms with Crippen molar-refractivity contribution in [2.75, 3.05) is 18.9 Å². The van der Waals surface area contributed by atoms with Crippen LogP contribution in [0.3, 0.4) is 0 Å². The molecule has 110 valence electrons. The maximum atomic E-state index is 12.1. The average Bonchev–Trinajstić information content (AvgIpc) is 2.47. The zero-order valence-electron chi connectivity index (χ0n) is 11.3. The molecule has 1 fully saturated rings. The number of nitrogens with two attached hydrogens (primary N) is 1. The molecule has 1 heterocycles. The van der Waals surface area contributed by atoms with E-state index in [9.17, 15) is 9.90 Å². The topological polar surface area (TPSA) is 88.2 Å². The number of nitrogens with one attached hydrogen (secondary N) is 1. The van der Waals surface area contributed by atoms with Gasteiger partial charge in [0.1, 0.15) is 5.15 Å². The number of aromatic nitrogens is 1.